The summed E-state index contributed by atoms with van der Waals surface area (Å²) in [7, 11) is 0. The van der Waals surface area contributed by atoms with E-state index in [1.807, 2.05) is 15.9 Å². The number of unbranched alkanes of at least 4 members (excludes halogenated alkanes) is 2. The summed E-state index contributed by atoms with van der Waals surface area (Å²) in [6, 6.07) is 12.5. The number of amides is 2. The van der Waals surface area contributed by atoms with Gasteiger partial charge in [0.1, 0.15) is 0 Å². The van der Waals surface area contributed by atoms with Crippen LogP contribution >= 0.6 is 15.9 Å². The Bertz CT molecular complexity index is 873. The Morgan fingerprint density at radius 2 is 1.66 bits per heavy atom. The number of hydrogen-bond acceptors (Lipinski definition) is 2. The van der Waals surface area contributed by atoms with Gasteiger partial charge in [0.05, 0.1) is 13.1 Å². The zero-order chi connectivity index (χ0) is 22.9. The summed E-state index contributed by atoms with van der Waals surface area (Å²) in [4.78, 5) is 29.8. The van der Waals surface area contributed by atoms with Gasteiger partial charge in [0.2, 0.25) is 11.8 Å². The molecule has 3 rings (SSSR count). The van der Waals surface area contributed by atoms with Crippen molar-refractivity contribution >= 4 is 27.7 Å². The molecule has 0 spiro atoms. The number of halogens is 1. The van der Waals surface area contributed by atoms with Gasteiger partial charge in [-0.25, -0.2) is 0 Å². The zero-order valence-electron chi connectivity index (χ0n) is 19.4. The normalized spacial score (nSPS) is 13.2. The predicted molar refractivity (Wildman–Crippen MR) is 132 cm³/mol. The van der Waals surface area contributed by atoms with E-state index in [4.69, 9.17) is 0 Å². The van der Waals surface area contributed by atoms with Crippen LogP contribution in [0.3, 0.4) is 0 Å². The van der Waals surface area contributed by atoms with Crippen LogP contribution < -0.4 is 0 Å². The molecule has 174 valence electrons. The fourth-order valence-electron chi connectivity index (χ4n) is 3.84. The maximum Gasteiger partial charge on any atom is 0.242 e. The second-order valence-electron chi connectivity index (χ2n) is 8.81. The summed E-state index contributed by atoms with van der Waals surface area (Å²) in [5.74, 6) is 0.368. The van der Waals surface area contributed by atoms with Gasteiger partial charge in [-0.15, -0.1) is 0 Å². The van der Waals surface area contributed by atoms with Crippen LogP contribution in [0.4, 0.5) is 0 Å². The molecule has 1 aromatic carbocycles. The van der Waals surface area contributed by atoms with E-state index in [9.17, 15) is 9.59 Å². The van der Waals surface area contributed by atoms with Crippen molar-refractivity contribution in [2.24, 2.45) is 5.92 Å². The summed E-state index contributed by atoms with van der Waals surface area (Å²) in [6.07, 6.45) is 7.97. The summed E-state index contributed by atoms with van der Waals surface area (Å²) >= 11 is 3.49. The number of carbonyl (C=O) groups is 2. The Balaban J connectivity index is 1.69. The third-order valence-corrected chi connectivity index (χ3v) is 6.55. The second-order valence-corrected chi connectivity index (χ2v) is 9.73. The molecule has 0 aliphatic heterocycles. The molecule has 0 unspecified atom stereocenters. The molecule has 5 nitrogen and oxygen atoms in total. The van der Waals surface area contributed by atoms with Crippen molar-refractivity contribution in [2.45, 2.75) is 65.5 Å². The summed E-state index contributed by atoms with van der Waals surface area (Å²) in [6.45, 7) is 7.21. The lowest BCUT2D eigenvalue weighted by atomic mass is 10.2. The van der Waals surface area contributed by atoms with Gasteiger partial charge in [-0.05, 0) is 55.5 Å². The lowest BCUT2D eigenvalue weighted by Gasteiger charge is -2.28. The van der Waals surface area contributed by atoms with Gasteiger partial charge >= 0.3 is 0 Å². The average Bonchev–Trinajstić information content (AvgIpc) is 3.56. The van der Waals surface area contributed by atoms with Crippen LogP contribution in [-0.4, -0.2) is 45.8 Å². The maximum atomic E-state index is 13.3. The van der Waals surface area contributed by atoms with Crippen molar-refractivity contribution in [1.29, 1.82) is 0 Å². The Kier molecular flexibility index (Phi) is 9.39. The van der Waals surface area contributed by atoms with Crippen LogP contribution in [0.15, 0.2) is 47.1 Å². The third-order valence-electron chi connectivity index (χ3n) is 6.02. The number of carbonyl (C=O) groups excluding carboxylic acids is 2. The molecular weight excluding hydrogens is 466 g/mol. The Morgan fingerprint density at radius 1 is 1.00 bits per heavy atom. The number of nitrogens with zero attached hydrogens (tertiary/aromatic N) is 3. The predicted octanol–water partition coefficient (Wildman–Crippen LogP) is 5.47. The molecule has 2 aromatic rings. The molecule has 1 saturated carbocycles. The molecule has 0 bridgehead atoms. The first-order chi connectivity index (χ1) is 15.5. The van der Waals surface area contributed by atoms with E-state index < -0.39 is 0 Å². The lowest BCUT2D eigenvalue weighted by molar-refractivity contribution is -0.141. The first kappa shape index (κ1) is 24.6. The molecule has 0 saturated heterocycles. The van der Waals surface area contributed by atoms with Crippen LogP contribution in [-0.2, 0) is 22.7 Å². The summed E-state index contributed by atoms with van der Waals surface area (Å²) in [5, 5.41) is 0. The lowest BCUT2D eigenvalue weighted by Crippen LogP contribution is -2.44. The Morgan fingerprint density at radius 3 is 2.28 bits per heavy atom. The molecule has 1 fully saturated rings. The van der Waals surface area contributed by atoms with E-state index in [1.54, 1.807) is 0 Å². The zero-order valence-corrected chi connectivity index (χ0v) is 21.0. The summed E-state index contributed by atoms with van der Waals surface area (Å²) in [5.41, 5.74) is 2.34. The molecular formula is C26H36BrN3O2. The van der Waals surface area contributed by atoms with Crippen LogP contribution in [0.1, 0.15) is 63.6 Å². The van der Waals surface area contributed by atoms with Crippen molar-refractivity contribution in [3.63, 3.8) is 0 Å². The monoisotopic (exact) mass is 501 g/mol. The van der Waals surface area contributed by atoms with E-state index in [-0.39, 0.29) is 24.3 Å². The smallest absolute Gasteiger partial charge is 0.242 e. The first-order valence-electron chi connectivity index (χ1n) is 12.0. The van der Waals surface area contributed by atoms with Crippen molar-refractivity contribution in [2.75, 3.05) is 19.6 Å². The van der Waals surface area contributed by atoms with E-state index in [0.717, 1.165) is 61.8 Å². The van der Waals surface area contributed by atoms with E-state index >= 15 is 0 Å². The van der Waals surface area contributed by atoms with Gasteiger partial charge in [-0.2, -0.15) is 0 Å². The molecule has 1 aromatic heterocycles. The van der Waals surface area contributed by atoms with Gasteiger partial charge in [0, 0.05) is 41.9 Å². The number of benzene rings is 1. The molecule has 0 radical (unpaired) electrons. The highest BCUT2D eigenvalue weighted by Gasteiger charge is 2.34. The van der Waals surface area contributed by atoms with E-state index in [1.165, 1.54) is 5.56 Å². The highest BCUT2D eigenvalue weighted by Crippen LogP contribution is 2.31. The average molecular weight is 502 g/mol. The fraction of sp³-hybridized carbons (Fsp3) is 0.538. The van der Waals surface area contributed by atoms with Crippen LogP contribution in [0, 0.1) is 5.92 Å². The van der Waals surface area contributed by atoms with Crippen molar-refractivity contribution in [1.82, 2.24) is 14.4 Å². The van der Waals surface area contributed by atoms with Crippen LogP contribution in [0.25, 0.3) is 0 Å². The SMILES string of the molecule is CCCCN(Cc1cccn1Cc1ccc(Br)cc1)C(=O)CN(CCCC)C(=O)C1CC1. The first-order valence-corrected chi connectivity index (χ1v) is 12.8. The topological polar surface area (TPSA) is 45.6 Å². The van der Waals surface area contributed by atoms with Gasteiger partial charge in [0.15, 0.2) is 0 Å². The molecule has 1 heterocycles. The third kappa shape index (κ3) is 7.22. The van der Waals surface area contributed by atoms with E-state index in [0.29, 0.717) is 13.1 Å². The maximum absolute atomic E-state index is 13.3. The number of aromatic nitrogens is 1. The van der Waals surface area contributed by atoms with Gasteiger partial charge < -0.3 is 14.4 Å². The van der Waals surface area contributed by atoms with Crippen LogP contribution in [0.5, 0.6) is 0 Å². The van der Waals surface area contributed by atoms with E-state index in [2.05, 4.69) is 70.9 Å². The van der Waals surface area contributed by atoms with Crippen molar-refractivity contribution in [3.8, 4) is 0 Å². The van der Waals surface area contributed by atoms with Crippen LogP contribution in [0.2, 0.25) is 0 Å². The Hall–Kier alpha value is -2.08. The quantitative estimate of drug-likeness (QED) is 0.365. The largest absolute Gasteiger partial charge is 0.345 e. The van der Waals surface area contributed by atoms with Crippen molar-refractivity contribution < 1.29 is 9.59 Å². The molecule has 0 atom stereocenters. The number of rotatable bonds is 13. The molecule has 1 aliphatic carbocycles. The van der Waals surface area contributed by atoms with Gasteiger partial charge in [0.25, 0.3) is 0 Å². The standard InChI is InChI=1S/C26H36BrN3O2/c1-3-5-15-29(25(31)20-30(16-6-4-2)26(32)22-11-12-22)19-24-8-7-17-28(24)18-21-9-13-23(27)14-10-21/h7-10,13-14,17,22H,3-6,11-12,15-16,18-20H2,1-2H3. The molecule has 2 amide bonds. The minimum atomic E-state index is 0.0555. The Labute approximate surface area is 200 Å². The van der Waals surface area contributed by atoms with Gasteiger partial charge in [-0.3, -0.25) is 9.59 Å². The summed E-state index contributed by atoms with van der Waals surface area (Å²) < 4.78 is 3.28. The second kappa shape index (κ2) is 12.2. The van der Waals surface area contributed by atoms with Gasteiger partial charge in [-0.1, -0.05) is 54.8 Å². The molecule has 32 heavy (non-hydrogen) atoms. The minimum Gasteiger partial charge on any atom is -0.345 e. The number of hydrogen-bond donors (Lipinski definition) is 0. The molecule has 0 N–H and O–H groups in total. The van der Waals surface area contributed by atoms with Crippen molar-refractivity contribution in [3.05, 3.63) is 58.3 Å². The highest BCUT2D eigenvalue weighted by molar-refractivity contribution is 9.10. The molecule has 1 aliphatic rings. The molecule has 6 heteroatoms. The minimum absolute atomic E-state index is 0.0555. The fourth-order valence-corrected chi connectivity index (χ4v) is 4.10. The highest BCUT2D eigenvalue weighted by atomic mass is 79.9.